The van der Waals surface area contributed by atoms with E-state index >= 15 is 0 Å². The summed E-state index contributed by atoms with van der Waals surface area (Å²) in [6.07, 6.45) is 11.3. The first kappa shape index (κ1) is 8.40. The van der Waals surface area contributed by atoms with Gasteiger partial charge in [-0.1, -0.05) is 31.3 Å². The number of hydrogen-bond acceptors (Lipinski definition) is 0. The lowest BCUT2D eigenvalue weighted by molar-refractivity contribution is 0.419. The Labute approximate surface area is 69.7 Å². The Bertz CT molecular complexity index is 172. The first-order valence-electron chi connectivity index (χ1n) is 4.52. The van der Waals surface area contributed by atoms with Crippen LogP contribution >= 0.6 is 0 Å². The van der Waals surface area contributed by atoms with E-state index in [2.05, 4.69) is 17.9 Å². The van der Waals surface area contributed by atoms with Crippen LogP contribution in [0.2, 0.25) is 0 Å². The fraction of sp³-hybridized carbons (Fsp3) is 0.636. The van der Waals surface area contributed by atoms with Gasteiger partial charge in [0.25, 0.3) is 0 Å². The van der Waals surface area contributed by atoms with Crippen molar-refractivity contribution in [2.24, 2.45) is 5.92 Å². The molecular weight excluding hydrogens is 132 g/mol. The Morgan fingerprint density at radius 3 is 2.55 bits per heavy atom. The van der Waals surface area contributed by atoms with Gasteiger partial charge in [0.05, 0.1) is 0 Å². The zero-order valence-corrected chi connectivity index (χ0v) is 7.27. The van der Waals surface area contributed by atoms with Crippen molar-refractivity contribution in [3.05, 3.63) is 12.2 Å². The number of hydrogen-bond donors (Lipinski definition) is 0. The number of rotatable bonds is 1. The maximum atomic E-state index is 2.96. The molecule has 0 aromatic carbocycles. The summed E-state index contributed by atoms with van der Waals surface area (Å²) in [7, 11) is 0. The van der Waals surface area contributed by atoms with Crippen molar-refractivity contribution in [1.82, 2.24) is 0 Å². The molecule has 0 heteroatoms. The van der Waals surface area contributed by atoms with Crippen LogP contribution in [0.15, 0.2) is 12.2 Å². The largest absolute Gasteiger partial charge is 0.102 e. The zero-order valence-electron chi connectivity index (χ0n) is 7.27. The SMILES string of the molecule is CC#C/C=C/C1CCCCC1. The van der Waals surface area contributed by atoms with Gasteiger partial charge in [-0.15, -0.1) is 5.92 Å². The van der Waals surface area contributed by atoms with Crippen LogP contribution in [0, 0.1) is 17.8 Å². The highest BCUT2D eigenvalue weighted by Crippen LogP contribution is 2.24. The molecule has 0 heterocycles. The van der Waals surface area contributed by atoms with E-state index in [0.29, 0.717) is 0 Å². The smallest absolute Gasteiger partial charge is 0.00235 e. The summed E-state index contributed by atoms with van der Waals surface area (Å²) < 4.78 is 0. The van der Waals surface area contributed by atoms with Crippen molar-refractivity contribution in [3.8, 4) is 11.8 Å². The second kappa shape index (κ2) is 5.02. The molecule has 1 aliphatic rings. The minimum atomic E-state index is 0.824. The highest BCUT2D eigenvalue weighted by molar-refractivity contribution is 5.14. The van der Waals surface area contributed by atoms with Crippen LogP contribution in [0.25, 0.3) is 0 Å². The molecule has 1 saturated carbocycles. The van der Waals surface area contributed by atoms with Crippen molar-refractivity contribution in [3.63, 3.8) is 0 Å². The van der Waals surface area contributed by atoms with Crippen LogP contribution in [-0.4, -0.2) is 0 Å². The molecule has 0 saturated heterocycles. The Morgan fingerprint density at radius 2 is 1.91 bits per heavy atom. The molecule has 0 N–H and O–H groups in total. The van der Waals surface area contributed by atoms with Crippen molar-refractivity contribution in [1.29, 1.82) is 0 Å². The van der Waals surface area contributed by atoms with Crippen molar-refractivity contribution < 1.29 is 0 Å². The average molecular weight is 148 g/mol. The highest BCUT2D eigenvalue weighted by atomic mass is 14.1. The second-order valence-electron chi connectivity index (χ2n) is 3.15. The molecule has 0 atom stereocenters. The molecule has 0 nitrogen and oxygen atoms in total. The first-order valence-corrected chi connectivity index (χ1v) is 4.52. The van der Waals surface area contributed by atoms with Gasteiger partial charge in [-0.2, -0.15) is 0 Å². The van der Waals surface area contributed by atoms with Crippen LogP contribution in [-0.2, 0) is 0 Å². The fourth-order valence-corrected chi connectivity index (χ4v) is 1.59. The van der Waals surface area contributed by atoms with Gasteiger partial charge in [0, 0.05) is 0 Å². The van der Waals surface area contributed by atoms with Gasteiger partial charge in [-0.05, 0) is 31.8 Å². The molecule has 1 fully saturated rings. The normalized spacial score (nSPS) is 19.7. The molecule has 60 valence electrons. The fourth-order valence-electron chi connectivity index (χ4n) is 1.59. The van der Waals surface area contributed by atoms with Crippen LogP contribution in [0.4, 0.5) is 0 Å². The molecule has 1 aliphatic carbocycles. The molecule has 11 heavy (non-hydrogen) atoms. The minimum absolute atomic E-state index is 0.824. The average Bonchev–Trinajstić information content (AvgIpc) is 2.07. The third-order valence-electron chi connectivity index (χ3n) is 2.25. The highest BCUT2D eigenvalue weighted by Gasteiger charge is 2.08. The van der Waals surface area contributed by atoms with Gasteiger partial charge in [0.1, 0.15) is 0 Å². The van der Waals surface area contributed by atoms with Crippen molar-refractivity contribution in [2.45, 2.75) is 39.0 Å². The Balaban J connectivity index is 2.27. The van der Waals surface area contributed by atoms with Gasteiger partial charge in [-0.3, -0.25) is 0 Å². The van der Waals surface area contributed by atoms with Gasteiger partial charge in [0.15, 0.2) is 0 Å². The summed E-state index contributed by atoms with van der Waals surface area (Å²) in [4.78, 5) is 0. The molecule has 1 rings (SSSR count). The van der Waals surface area contributed by atoms with Gasteiger partial charge < -0.3 is 0 Å². The van der Waals surface area contributed by atoms with E-state index in [0.717, 1.165) is 5.92 Å². The zero-order chi connectivity index (χ0) is 7.94. The molecule has 0 bridgehead atoms. The quantitative estimate of drug-likeness (QED) is 0.501. The third-order valence-corrected chi connectivity index (χ3v) is 2.25. The van der Waals surface area contributed by atoms with Crippen molar-refractivity contribution >= 4 is 0 Å². The van der Waals surface area contributed by atoms with E-state index in [1.165, 1.54) is 32.1 Å². The number of allylic oxidation sites excluding steroid dienone is 2. The molecular formula is C11H16. The molecule has 0 aromatic heterocycles. The van der Waals surface area contributed by atoms with Gasteiger partial charge >= 0.3 is 0 Å². The van der Waals surface area contributed by atoms with E-state index in [1.54, 1.807) is 0 Å². The Hall–Kier alpha value is -0.700. The van der Waals surface area contributed by atoms with E-state index in [4.69, 9.17) is 0 Å². The second-order valence-corrected chi connectivity index (χ2v) is 3.15. The van der Waals surface area contributed by atoms with E-state index in [-0.39, 0.29) is 0 Å². The predicted molar refractivity (Wildman–Crippen MR) is 49.2 cm³/mol. The van der Waals surface area contributed by atoms with Crippen molar-refractivity contribution in [2.75, 3.05) is 0 Å². The van der Waals surface area contributed by atoms with Crippen LogP contribution in [0.5, 0.6) is 0 Å². The van der Waals surface area contributed by atoms with Crippen LogP contribution in [0.3, 0.4) is 0 Å². The monoisotopic (exact) mass is 148 g/mol. The minimum Gasteiger partial charge on any atom is -0.102 e. The standard InChI is InChI=1S/C11H16/c1-2-3-5-8-11-9-6-4-7-10-11/h5,8,11H,4,6-7,9-10H2,1H3/b8-5+. The lowest BCUT2D eigenvalue weighted by Crippen LogP contribution is -2.02. The molecule has 0 unspecified atom stereocenters. The summed E-state index contributed by atoms with van der Waals surface area (Å²) >= 11 is 0. The van der Waals surface area contributed by atoms with E-state index in [1.807, 2.05) is 13.0 Å². The molecule has 0 aliphatic heterocycles. The van der Waals surface area contributed by atoms with Gasteiger partial charge in [-0.25, -0.2) is 0 Å². The predicted octanol–water partition coefficient (Wildman–Crippen LogP) is 3.15. The first-order chi connectivity index (χ1) is 5.43. The van der Waals surface area contributed by atoms with Crippen LogP contribution < -0.4 is 0 Å². The summed E-state index contributed by atoms with van der Waals surface area (Å²) in [6.45, 7) is 1.88. The molecule has 0 spiro atoms. The Kier molecular flexibility index (Phi) is 3.83. The summed E-state index contributed by atoms with van der Waals surface area (Å²) in [5.41, 5.74) is 0. The lowest BCUT2D eigenvalue weighted by Gasteiger charge is -2.17. The van der Waals surface area contributed by atoms with Gasteiger partial charge in [0.2, 0.25) is 0 Å². The van der Waals surface area contributed by atoms with E-state index in [9.17, 15) is 0 Å². The molecule has 0 amide bonds. The summed E-state index contributed by atoms with van der Waals surface area (Å²) in [5.74, 6) is 6.66. The summed E-state index contributed by atoms with van der Waals surface area (Å²) in [6, 6.07) is 0. The summed E-state index contributed by atoms with van der Waals surface area (Å²) in [5, 5.41) is 0. The molecule has 0 aromatic rings. The van der Waals surface area contributed by atoms with E-state index < -0.39 is 0 Å². The maximum absolute atomic E-state index is 2.96. The molecule has 0 radical (unpaired) electrons. The lowest BCUT2D eigenvalue weighted by atomic mass is 9.89. The van der Waals surface area contributed by atoms with Crippen LogP contribution in [0.1, 0.15) is 39.0 Å². The topological polar surface area (TPSA) is 0 Å². The maximum Gasteiger partial charge on any atom is -0.00235 e. The third kappa shape index (κ3) is 3.28. The Morgan fingerprint density at radius 1 is 1.18 bits per heavy atom.